The van der Waals surface area contributed by atoms with E-state index in [1.165, 1.54) is 4.90 Å². The summed E-state index contributed by atoms with van der Waals surface area (Å²) in [5, 5.41) is 4.22. The Kier molecular flexibility index (Phi) is 4.61. The number of aromatic nitrogens is 4. The summed E-state index contributed by atoms with van der Waals surface area (Å²) in [7, 11) is 0. The number of rotatable bonds is 4. The Balaban J connectivity index is 1.39. The van der Waals surface area contributed by atoms with Crippen molar-refractivity contribution in [2.75, 3.05) is 50.8 Å². The van der Waals surface area contributed by atoms with Crippen LogP contribution in [0.15, 0.2) is 24.5 Å². The molecule has 0 aromatic carbocycles. The van der Waals surface area contributed by atoms with Crippen molar-refractivity contribution < 1.29 is 14.3 Å². The summed E-state index contributed by atoms with van der Waals surface area (Å²) in [5.41, 5.74) is 0. The smallest absolute Gasteiger partial charge is 0.410 e. The van der Waals surface area contributed by atoms with Gasteiger partial charge in [0.25, 0.3) is 0 Å². The molecule has 0 radical (unpaired) electrons. The van der Waals surface area contributed by atoms with Crippen molar-refractivity contribution in [3.05, 3.63) is 30.4 Å². The molecule has 10 heteroatoms. The molecule has 2 amide bonds. The molecular formula is C17H21N7O3. The summed E-state index contributed by atoms with van der Waals surface area (Å²) < 4.78 is 6.57. The second-order valence-corrected chi connectivity index (χ2v) is 6.49. The molecule has 2 aromatic heterocycles. The number of nitrogens with zero attached hydrogens (tertiary/aromatic N) is 7. The van der Waals surface area contributed by atoms with Crippen LogP contribution in [0.2, 0.25) is 0 Å². The monoisotopic (exact) mass is 371 g/mol. The first-order valence-corrected chi connectivity index (χ1v) is 8.90. The van der Waals surface area contributed by atoms with E-state index < -0.39 is 6.09 Å². The molecule has 0 aliphatic carbocycles. The molecule has 2 aromatic rings. The quantitative estimate of drug-likeness (QED) is 0.750. The van der Waals surface area contributed by atoms with Crippen molar-refractivity contribution in [2.24, 2.45) is 0 Å². The second-order valence-electron chi connectivity index (χ2n) is 6.49. The first kappa shape index (κ1) is 17.3. The standard InChI is InChI=1S/C17H21N7O3/c1-13-19-14(11-15(20-13)24-4-2-3-18-24)21-5-7-22(8-6-21)16(25)12-23-9-10-27-17(23)26/h2-4,11H,5-10,12H2,1H3. The van der Waals surface area contributed by atoms with E-state index in [-0.39, 0.29) is 12.5 Å². The van der Waals surface area contributed by atoms with Crippen molar-refractivity contribution >= 4 is 17.8 Å². The van der Waals surface area contributed by atoms with Gasteiger partial charge in [-0.05, 0) is 13.0 Å². The fourth-order valence-corrected chi connectivity index (χ4v) is 3.24. The van der Waals surface area contributed by atoms with Crippen LogP contribution in [0.25, 0.3) is 5.82 Å². The van der Waals surface area contributed by atoms with Gasteiger partial charge in [0.2, 0.25) is 5.91 Å². The molecule has 4 heterocycles. The lowest BCUT2D eigenvalue weighted by Gasteiger charge is -2.36. The molecule has 2 aliphatic rings. The largest absolute Gasteiger partial charge is 0.448 e. The highest BCUT2D eigenvalue weighted by Crippen LogP contribution is 2.17. The molecule has 10 nitrogen and oxygen atoms in total. The average Bonchev–Trinajstić information content (AvgIpc) is 3.34. The maximum atomic E-state index is 12.4. The van der Waals surface area contributed by atoms with E-state index in [1.54, 1.807) is 15.8 Å². The molecule has 0 atom stereocenters. The van der Waals surface area contributed by atoms with Crippen LogP contribution in [0.1, 0.15) is 5.82 Å². The van der Waals surface area contributed by atoms with Crippen molar-refractivity contribution in [3.63, 3.8) is 0 Å². The fourth-order valence-electron chi connectivity index (χ4n) is 3.24. The lowest BCUT2D eigenvalue weighted by Crippen LogP contribution is -2.51. The molecule has 4 rings (SSSR count). The van der Waals surface area contributed by atoms with Crippen LogP contribution in [0, 0.1) is 6.92 Å². The van der Waals surface area contributed by atoms with E-state index in [1.807, 2.05) is 25.3 Å². The minimum atomic E-state index is -0.412. The van der Waals surface area contributed by atoms with Gasteiger partial charge in [-0.2, -0.15) is 5.10 Å². The van der Waals surface area contributed by atoms with Crippen molar-refractivity contribution in [2.45, 2.75) is 6.92 Å². The topological polar surface area (TPSA) is 96.7 Å². The molecule has 0 saturated carbocycles. The number of hydrogen-bond donors (Lipinski definition) is 0. The number of ether oxygens (including phenoxy) is 1. The maximum Gasteiger partial charge on any atom is 0.410 e. The average molecular weight is 371 g/mol. The third-order valence-corrected chi connectivity index (χ3v) is 4.68. The van der Waals surface area contributed by atoms with Gasteiger partial charge in [-0.15, -0.1) is 0 Å². The van der Waals surface area contributed by atoms with Crippen LogP contribution in [0.3, 0.4) is 0 Å². The maximum absolute atomic E-state index is 12.4. The normalized spacial score (nSPS) is 17.4. The Morgan fingerprint density at radius 1 is 1.15 bits per heavy atom. The molecular weight excluding hydrogens is 350 g/mol. The fraction of sp³-hybridized carbons (Fsp3) is 0.471. The Bertz CT molecular complexity index is 831. The molecule has 2 saturated heterocycles. The van der Waals surface area contributed by atoms with Gasteiger partial charge in [-0.25, -0.2) is 19.4 Å². The van der Waals surface area contributed by atoms with Crippen LogP contribution in [-0.4, -0.2) is 87.4 Å². The zero-order valence-electron chi connectivity index (χ0n) is 15.1. The van der Waals surface area contributed by atoms with Crippen molar-refractivity contribution in [1.82, 2.24) is 29.5 Å². The highest BCUT2D eigenvalue weighted by Gasteiger charge is 2.28. The lowest BCUT2D eigenvalue weighted by molar-refractivity contribution is -0.132. The summed E-state index contributed by atoms with van der Waals surface area (Å²) in [4.78, 5) is 38.2. The summed E-state index contributed by atoms with van der Waals surface area (Å²) in [6, 6.07) is 3.75. The van der Waals surface area contributed by atoms with Crippen LogP contribution in [-0.2, 0) is 9.53 Å². The van der Waals surface area contributed by atoms with Gasteiger partial charge in [0.15, 0.2) is 5.82 Å². The number of aryl methyl sites for hydroxylation is 1. The van der Waals surface area contributed by atoms with Crippen LogP contribution in [0.5, 0.6) is 0 Å². The Morgan fingerprint density at radius 3 is 2.59 bits per heavy atom. The summed E-state index contributed by atoms with van der Waals surface area (Å²) >= 11 is 0. The molecule has 2 aliphatic heterocycles. The van der Waals surface area contributed by atoms with Gasteiger partial charge in [-0.1, -0.05) is 0 Å². The zero-order chi connectivity index (χ0) is 18.8. The van der Waals surface area contributed by atoms with E-state index in [9.17, 15) is 9.59 Å². The van der Waals surface area contributed by atoms with Gasteiger partial charge in [-0.3, -0.25) is 9.69 Å². The SMILES string of the molecule is Cc1nc(N2CCN(C(=O)CN3CCOC3=O)CC2)cc(-n2cccn2)n1. The molecule has 0 bridgehead atoms. The zero-order valence-corrected chi connectivity index (χ0v) is 15.1. The highest BCUT2D eigenvalue weighted by atomic mass is 16.6. The Labute approximate surface area is 156 Å². The van der Waals surface area contributed by atoms with Crippen molar-refractivity contribution in [3.8, 4) is 5.82 Å². The molecule has 27 heavy (non-hydrogen) atoms. The summed E-state index contributed by atoms with van der Waals surface area (Å²) in [6.45, 7) is 5.27. The highest BCUT2D eigenvalue weighted by molar-refractivity contribution is 5.83. The Hall–Kier alpha value is -3.17. The number of piperazine rings is 1. The first-order valence-electron chi connectivity index (χ1n) is 8.90. The number of anilines is 1. The van der Waals surface area contributed by atoms with Crippen LogP contribution in [0.4, 0.5) is 10.6 Å². The third-order valence-electron chi connectivity index (χ3n) is 4.68. The summed E-state index contributed by atoms with van der Waals surface area (Å²) in [6.07, 6.45) is 3.13. The van der Waals surface area contributed by atoms with Gasteiger partial charge < -0.3 is 14.5 Å². The Morgan fingerprint density at radius 2 is 1.93 bits per heavy atom. The van der Waals surface area contributed by atoms with Gasteiger partial charge in [0.05, 0.1) is 6.54 Å². The predicted molar refractivity (Wildman–Crippen MR) is 95.6 cm³/mol. The van der Waals surface area contributed by atoms with E-state index in [0.717, 1.165) is 5.82 Å². The minimum absolute atomic E-state index is 0.0513. The minimum Gasteiger partial charge on any atom is -0.448 e. The van der Waals surface area contributed by atoms with E-state index in [4.69, 9.17) is 4.74 Å². The van der Waals surface area contributed by atoms with Gasteiger partial charge in [0, 0.05) is 44.6 Å². The van der Waals surface area contributed by atoms with E-state index in [0.29, 0.717) is 51.0 Å². The van der Waals surface area contributed by atoms with Gasteiger partial charge in [0.1, 0.15) is 24.8 Å². The van der Waals surface area contributed by atoms with E-state index in [2.05, 4.69) is 20.0 Å². The number of hydrogen-bond acceptors (Lipinski definition) is 7. The van der Waals surface area contributed by atoms with Crippen molar-refractivity contribution in [1.29, 1.82) is 0 Å². The van der Waals surface area contributed by atoms with Crippen LogP contribution < -0.4 is 4.90 Å². The number of amides is 2. The third kappa shape index (κ3) is 3.69. The predicted octanol–water partition coefficient (Wildman–Crippen LogP) is 0.0715. The van der Waals surface area contributed by atoms with Crippen LogP contribution >= 0.6 is 0 Å². The molecule has 0 N–H and O–H groups in total. The molecule has 2 fully saturated rings. The number of carbonyl (C=O) groups is 2. The molecule has 142 valence electrons. The molecule has 0 unspecified atom stereocenters. The second kappa shape index (κ2) is 7.22. The number of carbonyl (C=O) groups excluding carboxylic acids is 2. The summed E-state index contributed by atoms with van der Waals surface area (Å²) in [5.74, 6) is 2.16. The molecule has 0 spiro atoms. The van der Waals surface area contributed by atoms with Gasteiger partial charge >= 0.3 is 6.09 Å². The number of cyclic esters (lactones) is 1. The van der Waals surface area contributed by atoms with E-state index >= 15 is 0 Å². The lowest BCUT2D eigenvalue weighted by atomic mass is 10.3. The first-order chi connectivity index (χ1) is 13.1.